The molecule has 0 saturated carbocycles. The van der Waals surface area contributed by atoms with Gasteiger partial charge in [-0.1, -0.05) is 0 Å². The van der Waals surface area contributed by atoms with Crippen molar-refractivity contribution in [2.75, 3.05) is 6.26 Å². The van der Waals surface area contributed by atoms with Gasteiger partial charge < -0.3 is 17.3 Å². The van der Waals surface area contributed by atoms with Crippen LogP contribution in [0.1, 0.15) is 0 Å². The zero-order valence-electron chi connectivity index (χ0n) is 8.57. The van der Waals surface area contributed by atoms with Gasteiger partial charge in [0.1, 0.15) is 11.9 Å². The molecule has 0 bridgehead atoms. The van der Waals surface area contributed by atoms with Crippen molar-refractivity contribution in [3.63, 3.8) is 0 Å². The van der Waals surface area contributed by atoms with Gasteiger partial charge in [-0.25, -0.2) is 13.0 Å². The maximum Gasteiger partial charge on any atom is 0.673 e. The molecule has 0 unspecified atom stereocenters. The summed E-state index contributed by atoms with van der Waals surface area (Å²) >= 11 is 0. The van der Waals surface area contributed by atoms with Gasteiger partial charge in [-0.05, 0) is 6.07 Å². The van der Waals surface area contributed by atoms with Crippen LogP contribution < -0.4 is 4.57 Å². The van der Waals surface area contributed by atoms with Crippen molar-refractivity contribution in [1.82, 2.24) is 0 Å². The fraction of sp³-hybridized carbons (Fsp3) is 0.286. The molecule has 3 nitrogen and oxygen atoms in total. The van der Waals surface area contributed by atoms with Crippen LogP contribution in [-0.2, 0) is 16.9 Å². The van der Waals surface area contributed by atoms with Crippen molar-refractivity contribution in [3.8, 4) is 0 Å². The molecule has 0 amide bonds. The number of aromatic nitrogens is 1. The second kappa shape index (κ2) is 5.28. The van der Waals surface area contributed by atoms with Gasteiger partial charge in [0.2, 0.25) is 0 Å². The van der Waals surface area contributed by atoms with Gasteiger partial charge in [-0.3, -0.25) is 0 Å². The average molecular weight is 259 g/mol. The van der Waals surface area contributed by atoms with Crippen LogP contribution in [-0.4, -0.2) is 21.9 Å². The standard InChI is InChI=1S/C7H10NO2S.BF4/c1-8-5-3-4-7(6-8)11(2,9)10;2-1(3,4)5/h3-6H,1-2H3;/q+1;-1. The summed E-state index contributed by atoms with van der Waals surface area (Å²) in [5.41, 5.74) is 0. The molecule has 0 fully saturated rings. The zero-order chi connectivity index (χ0) is 13.0. The molecule has 0 saturated heterocycles. The fourth-order valence-corrected chi connectivity index (χ4v) is 1.46. The molecule has 92 valence electrons. The summed E-state index contributed by atoms with van der Waals surface area (Å²) in [5, 5.41) is 0. The summed E-state index contributed by atoms with van der Waals surface area (Å²) in [7, 11) is -7.26. The van der Waals surface area contributed by atoms with Crippen molar-refractivity contribution in [2.24, 2.45) is 7.05 Å². The highest BCUT2D eigenvalue weighted by Gasteiger charge is 2.20. The highest BCUT2D eigenvalue weighted by atomic mass is 32.2. The van der Waals surface area contributed by atoms with Crippen LogP contribution in [0.3, 0.4) is 0 Å². The summed E-state index contributed by atoms with van der Waals surface area (Å²) in [6, 6.07) is 3.28. The minimum Gasteiger partial charge on any atom is -0.418 e. The molecule has 1 aromatic heterocycles. The Morgan fingerprint density at radius 1 is 1.25 bits per heavy atom. The maximum atomic E-state index is 11.0. The third-order valence-electron chi connectivity index (χ3n) is 1.34. The van der Waals surface area contributed by atoms with Gasteiger partial charge in [0.25, 0.3) is 0 Å². The molecular weight excluding hydrogens is 249 g/mol. The number of nitrogens with zero attached hydrogens (tertiary/aromatic N) is 1. The lowest BCUT2D eigenvalue weighted by molar-refractivity contribution is -0.673. The average Bonchev–Trinajstić information content (AvgIpc) is 1.99. The summed E-state index contributed by atoms with van der Waals surface area (Å²) in [6.45, 7) is 0. The normalized spacial score (nSPS) is 11.6. The van der Waals surface area contributed by atoms with Crippen molar-refractivity contribution in [3.05, 3.63) is 24.5 Å². The lowest BCUT2D eigenvalue weighted by Gasteiger charge is -1.94. The minimum absolute atomic E-state index is 0.350. The number of hydrogen-bond donors (Lipinski definition) is 0. The number of aryl methyl sites for hydroxylation is 1. The van der Waals surface area contributed by atoms with Crippen LogP contribution in [0.25, 0.3) is 0 Å². The van der Waals surface area contributed by atoms with Crippen molar-refractivity contribution in [2.45, 2.75) is 4.90 Å². The van der Waals surface area contributed by atoms with E-state index >= 15 is 0 Å². The molecule has 0 atom stereocenters. The second-order valence-electron chi connectivity index (χ2n) is 2.97. The van der Waals surface area contributed by atoms with Gasteiger partial charge in [0, 0.05) is 12.3 Å². The molecule has 0 N–H and O–H groups in total. The van der Waals surface area contributed by atoms with E-state index in [1.807, 2.05) is 0 Å². The van der Waals surface area contributed by atoms with Gasteiger partial charge in [-0.2, -0.15) is 0 Å². The van der Waals surface area contributed by atoms with E-state index in [4.69, 9.17) is 0 Å². The Morgan fingerprint density at radius 2 is 1.69 bits per heavy atom. The fourth-order valence-electron chi connectivity index (χ4n) is 0.780. The van der Waals surface area contributed by atoms with Crippen LogP contribution >= 0.6 is 0 Å². The van der Waals surface area contributed by atoms with E-state index in [9.17, 15) is 25.7 Å². The van der Waals surface area contributed by atoms with Gasteiger partial charge in [-0.15, -0.1) is 0 Å². The Kier molecular flexibility index (Phi) is 4.92. The van der Waals surface area contributed by atoms with E-state index in [1.54, 1.807) is 36.1 Å². The monoisotopic (exact) mass is 259 g/mol. The first-order valence-electron chi connectivity index (χ1n) is 4.03. The molecular formula is C7H10BF4NO2S. The summed E-state index contributed by atoms with van der Waals surface area (Å²) < 4.78 is 62.6. The third-order valence-corrected chi connectivity index (χ3v) is 2.44. The number of pyridine rings is 1. The second-order valence-corrected chi connectivity index (χ2v) is 4.99. The van der Waals surface area contributed by atoms with Crippen molar-refractivity contribution < 1.29 is 30.2 Å². The molecule has 9 heteroatoms. The van der Waals surface area contributed by atoms with Crippen molar-refractivity contribution >= 4 is 17.1 Å². The first kappa shape index (κ1) is 14.9. The topological polar surface area (TPSA) is 38.0 Å². The van der Waals surface area contributed by atoms with Gasteiger partial charge >= 0.3 is 7.25 Å². The predicted octanol–water partition coefficient (Wildman–Crippen LogP) is 1.21. The first-order valence-corrected chi connectivity index (χ1v) is 5.92. The van der Waals surface area contributed by atoms with Crippen LogP contribution in [0, 0.1) is 0 Å². The molecule has 16 heavy (non-hydrogen) atoms. The molecule has 0 spiro atoms. The zero-order valence-corrected chi connectivity index (χ0v) is 9.39. The number of hydrogen-bond acceptors (Lipinski definition) is 2. The van der Waals surface area contributed by atoms with E-state index in [0.29, 0.717) is 4.90 Å². The molecule has 0 aliphatic rings. The Morgan fingerprint density at radius 3 is 1.94 bits per heavy atom. The molecule has 1 heterocycles. The first-order chi connectivity index (χ1) is 7.00. The smallest absolute Gasteiger partial charge is 0.418 e. The minimum atomic E-state index is -6.00. The molecule has 1 aromatic rings. The Hall–Kier alpha value is -1.12. The van der Waals surface area contributed by atoms with Crippen LogP contribution in [0.15, 0.2) is 29.4 Å². The Balaban J connectivity index is 0.000000385. The van der Waals surface area contributed by atoms with E-state index in [2.05, 4.69) is 0 Å². The number of rotatable bonds is 1. The van der Waals surface area contributed by atoms with Crippen LogP contribution in [0.5, 0.6) is 0 Å². The maximum absolute atomic E-state index is 11.0. The quantitative estimate of drug-likeness (QED) is 0.432. The Bertz CT molecular complexity index is 440. The van der Waals surface area contributed by atoms with Crippen LogP contribution in [0.2, 0.25) is 0 Å². The van der Waals surface area contributed by atoms with Gasteiger partial charge in [0.15, 0.2) is 22.2 Å². The number of halogens is 4. The summed E-state index contributed by atoms with van der Waals surface area (Å²) in [4.78, 5) is 0.350. The highest BCUT2D eigenvalue weighted by Crippen LogP contribution is 2.06. The SMILES string of the molecule is C[n+]1cccc(S(C)(=O)=O)c1.F[B-](F)(F)F. The van der Waals surface area contributed by atoms with Gasteiger partial charge in [0.05, 0.1) is 0 Å². The van der Waals surface area contributed by atoms with E-state index in [1.165, 1.54) is 6.26 Å². The lowest BCUT2D eigenvalue weighted by atomic mass is 10.3. The van der Waals surface area contributed by atoms with Crippen molar-refractivity contribution in [1.29, 1.82) is 0 Å². The Labute approximate surface area is 90.7 Å². The molecule has 0 aliphatic heterocycles. The van der Waals surface area contributed by atoms with Crippen LogP contribution in [0.4, 0.5) is 17.3 Å². The molecule has 1 rings (SSSR count). The highest BCUT2D eigenvalue weighted by molar-refractivity contribution is 7.90. The summed E-state index contributed by atoms with van der Waals surface area (Å²) in [5.74, 6) is 0. The molecule has 0 aromatic carbocycles. The van der Waals surface area contributed by atoms with E-state index in [-0.39, 0.29) is 0 Å². The van der Waals surface area contributed by atoms with E-state index in [0.717, 1.165) is 0 Å². The third kappa shape index (κ3) is 8.21. The molecule has 0 aliphatic carbocycles. The predicted molar refractivity (Wildman–Crippen MR) is 50.9 cm³/mol. The molecule has 0 radical (unpaired) electrons. The number of sulfone groups is 1. The summed E-state index contributed by atoms with van der Waals surface area (Å²) in [6.07, 6.45) is 4.56. The largest absolute Gasteiger partial charge is 0.673 e. The lowest BCUT2D eigenvalue weighted by Crippen LogP contribution is -2.27. The van der Waals surface area contributed by atoms with E-state index < -0.39 is 17.1 Å².